The second kappa shape index (κ2) is 5.72. The zero-order valence-corrected chi connectivity index (χ0v) is 14.2. The summed E-state index contributed by atoms with van der Waals surface area (Å²) in [5.41, 5.74) is 1.81. The molecule has 124 valence electrons. The highest BCUT2D eigenvalue weighted by molar-refractivity contribution is 6.62. The molecule has 1 fully saturated rings. The molecule has 3 rings (SSSR count). The van der Waals surface area contributed by atoms with Gasteiger partial charge in [-0.3, -0.25) is 0 Å². The van der Waals surface area contributed by atoms with Gasteiger partial charge in [0, 0.05) is 6.20 Å². The van der Waals surface area contributed by atoms with E-state index in [0.29, 0.717) is 0 Å². The van der Waals surface area contributed by atoms with Crippen molar-refractivity contribution in [2.75, 3.05) is 0 Å². The van der Waals surface area contributed by atoms with Crippen molar-refractivity contribution < 1.29 is 19.2 Å². The molecule has 2 aromatic rings. The minimum absolute atomic E-state index is 0.0218. The first-order valence-corrected chi connectivity index (χ1v) is 7.85. The Balaban J connectivity index is 1.94. The van der Waals surface area contributed by atoms with E-state index >= 15 is 0 Å². The molecule has 24 heavy (non-hydrogen) atoms. The Morgan fingerprint density at radius 2 is 1.67 bits per heavy atom. The van der Waals surface area contributed by atoms with Crippen molar-refractivity contribution in [2.45, 2.75) is 38.9 Å². The summed E-state index contributed by atoms with van der Waals surface area (Å²) in [6.45, 7) is 8.05. The van der Waals surface area contributed by atoms with Crippen LogP contribution in [0.2, 0.25) is 0 Å². The van der Waals surface area contributed by atoms with E-state index in [1.165, 1.54) is 6.20 Å². The average molecular weight is 325 g/mol. The third kappa shape index (κ3) is 2.95. The number of carboxylic acids is 1. The molecule has 0 aliphatic carbocycles. The molecule has 0 amide bonds. The lowest BCUT2D eigenvalue weighted by Gasteiger charge is -2.32. The van der Waals surface area contributed by atoms with Crippen LogP contribution in [0.3, 0.4) is 0 Å². The summed E-state index contributed by atoms with van der Waals surface area (Å²) in [6, 6.07) is 11.1. The summed E-state index contributed by atoms with van der Waals surface area (Å²) in [5, 5.41) is 9.10. The van der Waals surface area contributed by atoms with Crippen molar-refractivity contribution in [1.82, 2.24) is 4.98 Å². The summed E-state index contributed by atoms with van der Waals surface area (Å²) >= 11 is 0. The van der Waals surface area contributed by atoms with Crippen molar-refractivity contribution >= 4 is 18.6 Å². The number of pyridine rings is 1. The summed E-state index contributed by atoms with van der Waals surface area (Å²) in [4.78, 5) is 15.0. The first-order chi connectivity index (χ1) is 11.2. The third-order valence-corrected chi connectivity index (χ3v) is 4.72. The Bertz CT molecular complexity index is 772. The summed E-state index contributed by atoms with van der Waals surface area (Å²) in [5.74, 6) is -1.04. The number of benzene rings is 1. The fourth-order valence-corrected chi connectivity index (χ4v) is 2.57. The van der Waals surface area contributed by atoms with Gasteiger partial charge in [-0.1, -0.05) is 24.3 Å². The van der Waals surface area contributed by atoms with Crippen molar-refractivity contribution in [3.63, 3.8) is 0 Å². The maximum atomic E-state index is 11.1. The summed E-state index contributed by atoms with van der Waals surface area (Å²) < 4.78 is 12.1. The number of carbonyl (C=O) groups is 1. The van der Waals surface area contributed by atoms with Gasteiger partial charge in [-0.25, -0.2) is 9.78 Å². The SMILES string of the molecule is CC1(C)OB(c2cccc(-c3ccnc(C(=O)O)c3)c2)OC1(C)C. The van der Waals surface area contributed by atoms with Crippen LogP contribution < -0.4 is 5.46 Å². The fraction of sp³-hybridized carbons (Fsp3) is 0.333. The molecule has 1 aromatic carbocycles. The summed E-state index contributed by atoms with van der Waals surface area (Å²) in [7, 11) is -0.448. The van der Waals surface area contributed by atoms with Crippen molar-refractivity contribution in [2.24, 2.45) is 0 Å². The van der Waals surface area contributed by atoms with E-state index in [1.54, 1.807) is 12.1 Å². The number of nitrogens with zero attached hydrogens (tertiary/aromatic N) is 1. The van der Waals surface area contributed by atoms with Crippen LogP contribution >= 0.6 is 0 Å². The molecule has 1 aromatic heterocycles. The van der Waals surface area contributed by atoms with Crippen molar-refractivity contribution in [3.8, 4) is 11.1 Å². The van der Waals surface area contributed by atoms with Crippen LogP contribution in [0.4, 0.5) is 0 Å². The second-order valence-electron chi connectivity index (χ2n) is 6.95. The predicted octanol–water partition coefficient (Wildman–Crippen LogP) is 2.75. The third-order valence-electron chi connectivity index (χ3n) is 4.72. The molecule has 1 aliphatic rings. The maximum Gasteiger partial charge on any atom is 0.494 e. The smallest absolute Gasteiger partial charge is 0.477 e. The van der Waals surface area contributed by atoms with Gasteiger partial charge < -0.3 is 14.4 Å². The number of aromatic nitrogens is 1. The number of rotatable bonds is 3. The van der Waals surface area contributed by atoms with Gasteiger partial charge in [0.25, 0.3) is 0 Å². The molecule has 6 heteroatoms. The van der Waals surface area contributed by atoms with Crippen LogP contribution in [-0.2, 0) is 9.31 Å². The van der Waals surface area contributed by atoms with Crippen LogP contribution in [0.1, 0.15) is 38.2 Å². The monoisotopic (exact) mass is 325 g/mol. The van der Waals surface area contributed by atoms with E-state index in [4.69, 9.17) is 14.4 Å². The average Bonchev–Trinajstić information content (AvgIpc) is 2.76. The van der Waals surface area contributed by atoms with E-state index < -0.39 is 24.3 Å². The molecule has 0 unspecified atom stereocenters. The van der Waals surface area contributed by atoms with Gasteiger partial charge in [-0.15, -0.1) is 0 Å². The molecule has 0 atom stereocenters. The largest absolute Gasteiger partial charge is 0.494 e. The predicted molar refractivity (Wildman–Crippen MR) is 92.3 cm³/mol. The van der Waals surface area contributed by atoms with E-state index in [-0.39, 0.29) is 5.69 Å². The highest BCUT2D eigenvalue weighted by atomic mass is 16.7. The van der Waals surface area contributed by atoms with Gasteiger partial charge in [-0.05, 0) is 56.4 Å². The first-order valence-electron chi connectivity index (χ1n) is 7.85. The number of aromatic carboxylic acids is 1. The normalized spacial score (nSPS) is 18.6. The van der Waals surface area contributed by atoms with Crippen LogP contribution in [0.25, 0.3) is 11.1 Å². The molecule has 1 aliphatic heterocycles. The first kappa shape index (κ1) is 16.7. The quantitative estimate of drug-likeness (QED) is 0.879. The molecule has 1 saturated heterocycles. The second-order valence-corrected chi connectivity index (χ2v) is 6.95. The molecule has 1 N–H and O–H groups in total. The van der Waals surface area contributed by atoms with E-state index in [9.17, 15) is 4.79 Å². The lowest BCUT2D eigenvalue weighted by molar-refractivity contribution is 0.00578. The van der Waals surface area contributed by atoms with Gasteiger partial charge in [0.15, 0.2) is 0 Å². The molecule has 0 bridgehead atoms. The lowest BCUT2D eigenvalue weighted by Crippen LogP contribution is -2.41. The van der Waals surface area contributed by atoms with Crippen LogP contribution in [-0.4, -0.2) is 34.4 Å². The number of hydrogen-bond acceptors (Lipinski definition) is 4. The molecular formula is C18H20BNO4. The Hall–Kier alpha value is -2.18. The zero-order valence-electron chi connectivity index (χ0n) is 14.2. The van der Waals surface area contributed by atoms with Crippen LogP contribution in [0.5, 0.6) is 0 Å². The van der Waals surface area contributed by atoms with Gasteiger partial charge in [0.1, 0.15) is 5.69 Å². The minimum atomic E-state index is -1.04. The molecule has 5 nitrogen and oxygen atoms in total. The van der Waals surface area contributed by atoms with Crippen molar-refractivity contribution in [3.05, 3.63) is 48.3 Å². The number of carboxylic acid groups (broad SMARTS) is 1. The van der Waals surface area contributed by atoms with E-state index in [0.717, 1.165) is 16.6 Å². The Labute approximate surface area is 141 Å². The van der Waals surface area contributed by atoms with Gasteiger partial charge in [0.2, 0.25) is 0 Å². The van der Waals surface area contributed by atoms with Crippen molar-refractivity contribution in [1.29, 1.82) is 0 Å². The minimum Gasteiger partial charge on any atom is -0.477 e. The van der Waals surface area contributed by atoms with Gasteiger partial charge >= 0.3 is 13.1 Å². The molecular weight excluding hydrogens is 305 g/mol. The highest BCUT2D eigenvalue weighted by Crippen LogP contribution is 2.36. The maximum absolute atomic E-state index is 11.1. The van der Waals surface area contributed by atoms with E-state index in [1.807, 2.05) is 52.0 Å². The Morgan fingerprint density at radius 1 is 1.04 bits per heavy atom. The topological polar surface area (TPSA) is 68.7 Å². The summed E-state index contributed by atoms with van der Waals surface area (Å²) in [6.07, 6.45) is 1.50. The molecule has 2 heterocycles. The lowest BCUT2D eigenvalue weighted by atomic mass is 9.78. The van der Waals surface area contributed by atoms with Gasteiger partial charge in [0.05, 0.1) is 11.2 Å². The standard InChI is InChI=1S/C18H20BNO4/c1-17(2)18(3,4)24-19(23-17)14-7-5-6-12(10-14)13-8-9-20-15(11-13)16(21)22/h5-11H,1-4H3,(H,21,22). The highest BCUT2D eigenvalue weighted by Gasteiger charge is 2.51. The Morgan fingerprint density at radius 3 is 2.29 bits per heavy atom. The molecule has 0 radical (unpaired) electrons. The van der Waals surface area contributed by atoms with Gasteiger partial charge in [-0.2, -0.15) is 0 Å². The zero-order chi connectivity index (χ0) is 17.5. The molecule has 0 spiro atoms. The number of hydrogen-bond donors (Lipinski definition) is 1. The Kier molecular flexibility index (Phi) is 3.97. The van der Waals surface area contributed by atoms with E-state index in [2.05, 4.69) is 4.98 Å². The fourth-order valence-electron chi connectivity index (χ4n) is 2.57. The van der Waals surface area contributed by atoms with Crippen LogP contribution in [0, 0.1) is 0 Å². The van der Waals surface area contributed by atoms with Crippen LogP contribution in [0.15, 0.2) is 42.6 Å². The molecule has 0 saturated carbocycles.